The van der Waals surface area contributed by atoms with E-state index < -0.39 is 11.8 Å². The van der Waals surface area contributed by atoms with E-state index in [1.54, 1.807) is 0 Å². The summed E-state index contributed by atoms with van der Waals surface area (Å²) in [6.07, 6.45) is 0.546. The second kappa shape index (κ2) is 3.87. The van der Waals surface area contributed by atoms with Gasteiger partial charge in [0.25, 0.3) is 0 Å². The van der Waals surface area contributed by atoms with Gasteiger partial charge < -0.3 is 5.11 Å². The molecule has 0 unspecified atom stereocenters. The number of aromatic carboxylic acids is 1. The summed E-state index contributed by atoms with van der Waals surface area (Å²) in [5.74, 6) is -1.60. The second-order valence-corrected chi connectivity index (χ2v) is 3.44. The fraction of sp³-hybridized carbons (Fsp3) is 0.222. The van der Waals surface area contributed by atoms with E-state index in [2.05, 4.69) is 15.9 Å². The van der Waals surface area contributed by atoms with Gasteiger partial charge in [-0.1, -0.05) is 6.92 Å². The average molecular weight is 247 g/mol. The molecular weight excluding hydrogens is 239 g/mol. The highest BCUT2D eigenvalue weighted by Gasteiger charge is 2.12. The van der Waals surface area contributed by atoms with Gasteiger partial charge in [-0.3, -0.25) is 0 Å². The normalized spacial score (nSPS) is 10.1. The standard InChI is InChI=1S/C9H8BrFO2/c1-2-5-3-7(10)6(9(12)13)4-8(5)11/h3-4H,2H2,1H3,(H,12,13). The molecular formula is C9H8BrFO2. The first-order valence-corrected chi connectivity index (χ1v) is 4.56. The first kappa shape index (κ1) is 10.2. The molecule has 2 nitrogen and oxygen atoms in total. The van der Waals surface area contributed by atoms with Crippen LogP contribution in [0.5, 0.6) is 0 Å². The predicted octanol–water partition coefficient (Wildman–Crippen LogP) is 2.85. The van der Waals surface area contributed by atoms with E-state index >= 15 is 0 Å². The molecule has 70 valence electrons. The Labute approximate surface area is 83.5 Å². The lowest BCUT2D eigenvalue weighted by Gasteiger charge is -2.03. The quantitative estimate of drug-likeness (QED) is 0.872. The molecule has 13 heavy (non-hydrogen) atoms. The summed E-state index contributed by atoms with van der Waals surface area (Å²) in [6.45, 7) is 1.81. The van der Waals surface area contributed by atoms with Crippen LogP contribution in [0.15, 0.2) is 16.6 Å². The third kappa shape index (κ3) is 2.06. The predicted molar refractivity (Wildman–Crippen MR) is 50.4 cm³/mol. The minimum Gasteiger partial charge on any atom is -0.478 e. The van der Waals surface area contributed by atoms with Crippen molar-refractivity contribution in [1.82, 2.24) is 0 Å². The summed E-state index contributed by atoms with van der Waals surface area (Å²) in [6, 6.07) is 2.53. The Morgan fingerprint density at radius 2 is 2.23 bits per heavy atom. The first-order valence-electron chi connectivity index (χ1n) is 3.77. The van der Waals surface area contributed by atoms with Gasteiger partial charge in [0.2, 0.25) is 0 Å². The van der Waals surface area contributed by atoms with E-state index in [9.17, 15) is 9.18 Å². The molecule has 4 heteroatoms. The van der Waals surface area contributed by atoms with Crippen molar-refractivity contribution in [1.29, 1.82) is 0 Å². The Bertz CT molecular complexity index is 350. The molecule has 0 amide bonds. The van der Waals surface area contributed by atoms with Crippen LogP contribution in [-0.4, -0.2) is 11.1 Å². The molecule has 0 aliphatic carbocycles. The first-order chi connectivity index (χ1) is 6.06. The van der Waals surface area contributed by atoms with Crippen molar-refractivity contribution >= 4 is 21.9 Å². The largest absolute Gasteiger partial charge is 0.478 e. The highest BCUT2D eigenvalue weighted by atomic mass is 79.9. The van der Waals surface area contributed by atoms with Crippen molar-refractivity contribution in [2.75, 3.05) is 0 Å². The molecule has 0 heterocycles. The number of hydrogen-bond acceptors (Lipinski definition) is 1. The molecule has 0 aliphatic heterocycles. The van der Waals surface area contributed by atoms with Crippen molar-refractivity contribution in [2.45, 2.75) is 13.3 Å². The van der Waals surface area contributed by atoms with Crippen LogP contribution in [0.1, 0.15) is 22.8 Å². The van der Waals surface area contributed by atoms with E-state index in [1.807, 2.05) is 6.92 Å². The third-order valence-corrected chi connectivity index (χ3v) is 2.40. The zero-order valence-corrected chi connectivity index (χ0v) is 8.56. The molecule has 1 aromatic rings. The Balaban J connectivity index is 3.28. The van der Waals surface area contributed by atoms with Gasteiger partial charge in [-0.2, -0.15) is 0 Å². The smallest absolute Gasteiger partial charge is 0.336 e. The summed E-state index contributed by atoms with van der Waals surface area (Å²) in [7, 11) is 0. The number of hydrogen-bond donors (Lipinski definition) is 1. The van der Waals surface area contributed by atoms with E-state index in [0.29, 0.717) is 16.5 Å². The Hall–Kier alpha value is -0.900. The van der Waals surface area contributed by atoms with Gasteiger partial charge in [-0.15, -0.1) is 0 Å². The summed E-state index contributed by atoms with van der Waals surface area (Å²) >= 11 is 3.08. The molecule has 0 saturated heterocycles. The van der Waals surface area contributed by atoms with Crippen molar-refractivity contribution in [3.05, 3.63) is 33.5 Å². The van der Waals surface area contributed by atoms with Gasteiger partial charge >= 0.3 is 5.97 Å². The van der Waals surface area contributed by atoms with Crippen LogP contribution >= 0.6 is 15.9 Å². The van der Waals surface area contributed by atoms with Gasteiger partial charge in [0.1, 0.15) is 5.82 Å². The van der Waals surface area contributed by atoms with E-state index in [1.165, 1.54) is 6.07 Å². The van der Waals surface area contributed by atoms with Gasteiger partial charge in [-0.05, 0) is 40.0 Å². The second-order valence-electron chi connectivity index (χ2n) is 2.58. The lowest BCUT2D eigenvalue weighted by atomic mass is 10.1. The number of carbonyl (C=O) groups is 1. The number of benzene rings is 1. The van der Waals surface area contributed by atoms with Crippen LogP contribution < -0.4 is 0 Å². The molecule has 1 N–H and O–H groups in total. The molecule has 0 fully saturated rings. The maximum Gasteiger partial charge on any atom is 0.336 e. The van der Waals surface area contributed by atoms with Crippen molar-refractivity contribution in [2.24, 2.45) is 0 Å². The molecule has 0 radical (unpaired) electrons. The zero-order valence-electron chi connectivity index (χ0n) is 6.97. The lowest BCUT2D eigenvalue weighted by molar-refractivity contribution is 0.0695. The Kier molecular flexibility index (Phi) is 3.03. The number of halogens is 2. The molecule has 0 saturated carbocycles. The van der Waals surface area contributed by atoms with Crippen LogP contribution in [0.4, 0.5) is 4.39 Å². The van der Waals surface area contributed by atoms with Gasteiger partial charge in [0.15, 0.2) is 0 Å². The minimum atomic E-state index is -1.13. The monoisotopic (exact) mass is 246 g/mol. The van der Waals surface area contributed by atoms with Crippen LogP contribution in [-0.2, 0) is 6.42 Å². The highest BCUT2D eigenvalue weighted by Crippen LogP contribution is 2.21. The van der Waals surface area contributed by atoms with Crippen LogP contribution in [0, 0.1) is 5.82 Å². The number of rotatable bonds is 2. The third-order valence-electron chi connectivity index (χ3n) is 1.75. The fourth-order valence-corrected chi connectivity index (χ4v) is 1.58. The van der Waals surface area contributed by atoms with Crippen LogP contribution in [0.2, 0.25) is 0 Å². The Morgan fingerprint density at radius 3 is 2.69 bits per heavy atom. The van der Waals surface area contributed by atoms with E-state index in [4.69, 9.17) is 5.11 Å². The Morgan fingerprint density at radius 1 is 1.62 bits per heavy atom. The average Bonchev–Trinajstić information content (AvgIpc) is 2.07. The highest BCUT2D eigenvalue weighted by molar-refractivity contribution is 9.10. The summed E-state index contributed by atoms with van der Waals surface area (Å²) in [5.41, 5.74) is 0.464. The van der Waals surface area contributed by atoms with E-state index in [0.717, 1.165) is 6.07 Å². The maximum absolute atomic E-state index is 13.1. The molecule has 1 rings (SSSR count). The summed E-state index contributed by atoms with van der Waals surface area (Å²) in [5, 5.41) is 8.66. The van der Waals surface area contributed by atoms with Gasteiger partial charge in [0, 0.05) is 4.47 Å². The molecule has 1 aromatic carbocycles. The minimum absolute atomic E-state index is 0.0466. The fourth-order valence-electron chi connectivity index (χ4n) is 1.02. The van der Waals surface area contributed by atoms with Crippen LogP contribution in [0.25, 0.3) is 0 Å². The molecule has 0 bridgehead atoms. The molecule has 0 aromatic heterocycles. The van der Waals surface area contributed by atoms with Crippen molar-refractivity contribution < 1.29 is 14.3 Å². The topological polar surface area (TPSA) is 37.3 Å². The zero-order chi connectivity index (χ0) is 10.0. The molecule has 0 spiro atoms. The maximum atomic E-state index is 13.1. The summed E-state index contributed by atoms with van der Waals surface area (Å²) < 4.78 is 13.5. The van der Waals surface area contributed by atoms with E-state index in [-0.39, 0.29) is 5.56 Å². The van der Waals surface area contributed by atoms with Gasteiger partial charge in [-0.25, -0.2) is 9.18 Å². The van der Waals surface area contributed by atoms with Crippen LogP contribution in [0.3, 0.4) is 0 Å². The van der Waals surface area contributed by atoms with Gasteiger partial charge in [0.05, 0.1) is 5.56 Å². The van der Waals surface area contributed by atoms with Crippen molar-refractivity contribution in [3.8, 4) is 0 Å². The lowest BCUT2D eigenvalue weighted by Crippen LogP contribution is -2.00. The molecule has 0 aliphatic rings. The van der Waals surface area contributed by atoms with Crippen molar-refractivity contribution in [3.63, 3.8) is 0 Å². The number of aryl methyl sites for hydroxylation is 1. The number of carboxylic acid groups (broad SMARTS) is 1. The number of carboxylic acids is 1. The molecule has 0 atom stereocenters. The summed E-state index contributed by atoms with van der Waals surface area (Å²) in [4.78, 5) is 10.6. The SMILES string of the molecule is CCc1cc(Br)c(C(=O)O)cc1F.